The average molecular weight is 605 g/mol. The van der Waals surface area contributed by atoms with Crippen molar-refractivity contribution in [2.24, 2.45) is 0 Å². The van der Waals surface area contributed by atoms with Crippen LogP contribution in [0.5, 0.6) is 11.5 Å². The summed E-state index contributed by atoms with van der Waals surface area (Å²) in [6.07, 6.45) is 1.12. The Kier molecular flexibility index (Phi) is 7.43. The van der Waals surface area contributed by atoms with E-state index in [1.807, 2.05) is 19.9 Å². The first kappa shape index (κ1) is 30.6. The monoisotopic (exact) mass is 604 g/mol. The summed E-state index contributed by atoms with van der Waals surface area (Å²) in [6, 6.07) is 9.56. The molecule has 3 heterocycles. The molecule has 0 spiro atoms. The third kappa shape index (κ3) is 5.36. The molecule has 0 saturated heterocycles. The van der Waals surface area contributed by atoms with Crippen molar-refractivity contribution < 1.29 is 28.6 Å². The molecule has 0 radical (unpaired) electrons. The number of hydrogen-bond acceptors (Lipinski definition) is 8. The molecule has 1 unspecified atom stereocenters. The molecular formula is C32H36N4O8. The minimum atomic E-state index is -0.893. The number of likely N-dealkylation sites (N-methyl/N-ethyl adjacent to an activating group) is 1. The SMILES string of the molecule is CC(=O)c1ccc(-n2c(=O)n3n(c2=O)C2C(=CC3)C(C)(C)Oc3cc(OC(=O)N(C)[C@@H](C)C(=O)OC(C)(C)C)ccc32)cc1. The van der Waals surface area contributed by atoms with Gasteiger partial charge in [0.1, 0.15) is 34.8 Å². The number of aromatic nitrogens is 3. The van der Waals surface area contributed by atoms with Crippen LogP contribution in [-0.2, 0) is 16.1 Å². The molecule has 12 heteroatoms. The third-order valence-electron chi connectivity index (χ3n) is 7.78. The molecule has 5 rings (SSSR count). The van der Waals surface area contributed by atoms with Crippen molar-refractivity contribution in [3.05, 3.63) is 86.2 Å². The topological polar surface area (TPSA) is 131 Å². The van der Waals surface area contributed by atoms with Gasteiger partial charge in [-0.2, -0.15) is 0 Å². The minimum absolute atomic E-state index is 0.124. The van der Waals surface area contributed by atoms with E-state index in [1.165, 1.54) is 23.3 Å². The number of hydrogen-bond donors (Lipinski definition) is 0. The smallest absolute Gasteiger partial charge is 0.415 e. The molecule has 0 fully saturated rings. The fraction of sp³-hybridized carbons (Fsp3) is 0.406. The standard InChI is InChI=1S/C32H36N4O8/c1-18(27(38)44-31(3,4)5)33(8)30(41)42-22-13-14-23-25(17-22)43-32(6,7)24-15-16-34-28(39)35(29(40)36(34)26(23)24)21-11-9-20(10-12-21)19(2)37/h9-15,17-18,26H,16H2,1-8H3/t18-,26?/m0/s1. The van der Waals surface area contributed by atoms with Crippen LogP contribution in [-0.4, -0.2) is 61.0 Å². The van der Waals surface area contributed by atoms with Gasteiger partial charge in [-0.15, -0.1) is 0 Å². The van der Waals surface area contributed by atoms with Gasteiger partial charge < -0.3 is 14.2 Å². The Bertz CT molecular complexity index is 1820. The molecule has 2 aliphatic heterocycles. The average Bonchev–Trinajstić information content (AvgIpc) is 3.20. The Morgan fingerprint density at radius 2 is 1.70 bits per heavy atom. The summed E-state index contributed by atoms with van der Waals surface area (Å²) in [5.41, 5.74) is -0.417. The van der Waals surface area contributed by atoms with Gasteiger partial charge in [0.2, 0.25) is 0 Å². The van der Waals surface area contributed by atoms with Crippen molar-refractivity contribution >= 4 is 17.8 Å². The van der Waals surface area contributed by atoms with Gasteiger partial charge in [0.05, 0.1) is 12.2 Å². The summed E-state index contributed by atoms with van der Waals surface area (Å²) in [5.74, 6) is -0.149. The lowest BCUT2D eigenvalue weighted by molar-refractivity contribution is -0.159. The van der Waals surface area contributed by atoms with Crippen LogP contribution in [0, 0.1) is 0 Å². The largest absolute Gasteiger partial charge is 0.483 e. The van der Waals surface area contributed by atoms with E-state index in [-0.39, 0.29) is 18.1 Å². The lowest BCUT2D eigenvalue weighted by Gasteiger charge is -2.42. The number of allylic oxidation sites excluding steroid dienone is 1. The molecule has 0 N–H and O–H groups in total. The number of fused-ring (bicyclic) bond motifs is 5. The van der Waals surface area contributed by atoms with E-state index < -0.39 is 46.7 Å². The van der Waals surface area contributed by atoms with E-state index in [4.69, 9.17) is 14.2 Å². The summed E-state index contributed by atoms with van der Waals surface area (Å²) >= 11 is 0. The number of rotatable bonds is 5. The zero-order chi connectivity index (χ0) is 32.3. The summed E-state index contributed by atoms with van der Waals surface area (Å²) in [4.78, 5) is 65.7. The maximum absolute atomic E-state index is 13.9. The Morgan fingerprint density at radius 1 is 1.05 bits per heavy atom. The highest BCUT2D eigenvalue weighted by Gasteiger charge is 2.44. The lowest BCUT2D eigenvalue weighted by atomic mass is 9.83. The van der Waals surface area contributed by atoms with Crippen LogP contribution in [0.3, 0.4) is 0 Å². The Morgan fingerprint density at radius 3 is 2.32 bits per heavy atom. The van der Waals surface area contributed by atoms with Crippen LogP contribution in [0.15, 0.2) is 63.7 Å². The highest BCUT2D eigenvalue weighted by Crippen LogP contribution is 2.47. The number of ether oxygens (including phenoxy) is 3. The van der Waals surface area contributed by atoms with Crippen LogP contribution >= 0.6 is 0 Å². The number of benzene rings is 2. The number of Topliss-reactive ketones (excluding diaryl/α,β-unsaturated/α-hetero) is 1. The molecule has 2 atom stereocenters. The Hall–Kier alpha value is -4.87. The van der Waals surface area contributed by atoms with Gasteiger partial charge in [-0.3, -0.25) is 9.69 Å². The number of ketones is 1. The van der Waals surface area contributed by atoms with Crippen molar-refractivity contribution in [1.29, 1.82) is 0 Å². The fourth-order valence-electron chi connectivity index (χ4n) is 5.38. The molecule has 44 heavy (non-hydrogen) atoms. The zero-order valence-electron chi connectivity index (χ0n) is 26.0. The number of nitrogens with zero attached hydrogens (tertiary/aromatic N) is 4. The fourth-order valence-corrected chi connectivity index (χ4v) is 5.38. The predicted molar refractivity (Wildman–Crippen MR) is 161 cm³/mol. The lowest BCUT2D eigenvalue weighted by Crippen LogP contribution is -2.46. The molecule has 1 aromatic heterocycles. The van der Waals surface area contributed by atoms with E-state index in [0.717, 1.165) is 15.0 Å². The molecule has 0 bridgehead atoms. The van der Waals surface area contributed by atoms with Crippen LogP contribution in [0.4, 0.5) is 4.79 Å². The molecule has 0 saturated carbocycles. The van der Waals surface area contributed by atoms with Gasteiger partial charge in [0.25, 0.3) is 0 Å². The van der Waals surface area contributed by atoms with Crippen LogP contribution in [0.1, 0.15) is 70.4 Å². The molecule has 232 valence electrons. The van der Waals surface area contributed by atoms with E-state index in [9.17, 15) is 24.0 Å². The van der Waals surface area contributed by atoms with Gasteiger partial charge in [0.15, 0.2) is 5.78 Å². The number of esters is 1. The van der Waals surface area contributed by atoms with E-state index in [2.05, 4.69) is 0 Å². The maximum atomic E-state index is 13.9. The summed E-state index contributed by atoms with van der Waals surface area (Å²) < 4.78 is 21.2. The molecule has 2 aromatic carbocycles. The van der Waals surface area contributed by atoms with Crippen LogP contribution < -0.4 is 20.9 Å². The molecule has 2 aliphatic rings. The number of amides is 1. The van der Waals surface area contributed by atoms with Crippen molar-refractivity contribution in [1.82, 2.24) is 18.8 Å². The maximum Gasteiger partial charge on any atom is 0.415 e. The number of carbonyl (C=O) groups excluding carboxylic acids is 3. The predicted octanol–water partition coefficient (Wildman–Crippen LogP) is 3.86. The summed E-state index contributed by atoms with van der Waals surface area (Å²) in [5, 5.41) is 0. The molecular weight excluding hydrogens is 568 g/mol. The van der Waals surface area contributed by atoms with Crippen molar-refractivity contribution in [2.75, 3.05) is 7.05 Å². The molecule has 1 amide bonds. The van der Waals surface area contributed by atoms with Gasteiger partial charge in [-0.25, -0.2) is 33.1 Å². The Balaban J connectivity index is 1.49. The zero-order valence-corrected chi connectivity index (χ0v) is 26.0. The van der Waals surface area contributed by atoms with E-state index >= 15 is 0 Å². The quantitative estimate of drug-likeness (QED) is 0.244. The number of carbonyl (C=O) groups is 3. The van der Waals surface area contributed by atoms with Crippen molar-refractivity contribution in [3.8, 4) is 17.2 Å². The van der Waals surface area contributed by atoms with Gasteiger partial charge in [-0.1, -0.05) is 6.08 Å². The highest BCUT2D eigenvalue weighted by atomic mass is 16.6. The van der Waals surface area contributed by atoms with Crippen molar-refractivity contribution in [3.63, 3.8) is 0 Å². The van der Waals surface area contributed by atoms with E-state index in [0.29, 0.717) is 22.6 Å². The molecule has 12 nitrogen and oxygen atoms in total. The highest BCUT2D eigenvalue weighted by molar-refractivity contribution is 5.94. The summed E-state index contributed by atoms with van der Waals surface area (Å²) in [7, 11) is 1.44. The minimum Gasteiger partial charge on any atom is -0.483 e. The van der Waals surface area contributed by atoms with Crippen LogP contribution in [0.2, 0.25) is 0 Å². The molecule has 0 aliphatic carbocycles. The second kappa shape index (κ2) is 10.7. The third-order valence-corrected chi connectivity index (χ3v) is 7.78. The van der Waals surface area contributed by atoms with Gasteiger partial charge in [0, 0.05) is 24.2 Å². The molecule has 3 aromatic rings. The van der Waals surface area contributed by atoms with Gasteiger partial charge in [-0.05, 0) is 90.4 Å². The Labute approximate surface area is 254 Å². The van der Waals surface area contributed by atoms with Crippen LogP contribution in [0.25, 0.3) is 5.69 Å². The first-order valence-electron chi connectivity index (χ1n) is 14.3. The first-order chi connectivity index (χ1) is 20.5. The second-order valence-corrected chi connectivity index (χ2v) is 12.5. The van der Waals surface area contributed by atoms with E-state index in [1.54, 1.807) is 70.2 Å². The normalized spacial score (nSPS) is 17.2. The van der Waals surface area contributed by atoms with Crippen molar-refractivity contribution in [2.45, 2.75) is 78.3 Å². The van der Waals surface area contributed by atoms with Gasteiger partial charge >= 0.3 is 23.4 Å². The first-order valence-corrected chi connectivity index (χ1v) is 14.3. The summed E-state index contributed by atoms with van der Waals surface area (Å²) in [6.45, 7) is 12.1. The second-order valence-electron chi connectivity index (χ2n) is 12.5.